The van der Waals surface area contributed by atoms with Gasteiger partial charge in [-0.05, 0) is 24.1 Å². The van der Waals surface area contributed by atoms with Crippen molar-refractivity contribution in [2.75, 3.05) is 0 Å². The Hall–Kier alpha value is -0.140. The van der Waals surface area contributed by atoms with Crippen LogP contribution in [0, 0.1) is 0 Å². The zero-order valence-electron chi connectivity index (χ0n) is 5.76. The molecular weight excluding hydrogens is 164 g/mol. The van der Waals surface area contributed by atoms with Crippen LogP contribution in [0.5, 0.6) is 0 Å². The maximum absolute atomic E-state index is 5.88. The highest BCUT2D eigenvalue weighted by Crippen LogP contribution is 2.22. The predicted octanol–water partition coefficient (Wildman–Crippen LogP) is 3.19. The Kier molecular flexibility index (Phi) is 2.64. The minimum atomic E-state index is 0.815. The van der Waals surface area contributed by atoms with E-state index in [-0.39, 0.29) is 0 Å². The molecule has 0 radical (unpaired) electrons. The average molecular weight is 173 g/mol. The summed E-state index contributed by atoms with van der Waals surface area (Å²) in [7, 11) is 0. The minimum Gasteiger partial charge on any atom is -0.143 e. The van der Waals surface area contributed by atoms with Gasteiger partial charge < -0.3 is 0 Å². The van der Waals surface area contributed by atoms with E-state index >= 15 is 0 Å². The zero-order valence-corrected chi connectivity index (χ0v) is 7.41. The maximum atomic E-state index is 5.88. The molecule has 0 N–H and O–H groups in total. The summed E-state index contributed by atoms with van der Waals surface area (Å²) in [6.45, 7) is 2.07. The molecule has 10 heavy (non-hydrogen) atoms. The van der Waals surface area contributed by atoms with Gasteiger partial charge in [-0.15, -0.1) is 12.6 Å². The van der Waals surface area contributed by atoms with Crippen LogP contribution >= 0.6 is 24.2 Å². The van der Waals surface area contributed by atoms with Crippen LogP contribution < -0.4 is 0 Å². The van der Waals surface area contributed by atoms with E-state index in [1.807, 2.05) is 18.2 Å². The molecule has 0 unspecified atom stereocenters. The lowest BCUT2D eigenvalue weighted by molar-refractivity contribution is 1.09. The summed E-state index contributed by atoms with van der Waals surface area (Å²) in [6.07, 6.45) is 0.943. The molecule has 0 aliphatic heterocycles. The van der Waals surface area contributed by atoms with Gasteiger partial charge in [0.25, 0.3) is 0 Å². The van der Waals surface area contributed by atoms with E-state index in [9.17, 15) is 0 Å². The first-order chi connectivity index (χ1) is 4.75. The molecule has 0 nitrogen and oxygen atoms in total. The van der Waals surface area contributed by atoms with E-state index in [0.717, 1.165) is 21.9 Å². The molecule has 0 amide bonds. The van der Waals surface area contributed by atoms with Crippen molar-refractivity contribution in [1.82, 2.24) is 0 Å². The number of halogens is 1. The molecule has 2 heteroatoms. The van der Waals surface area contributed by atoms with Crippen LogP contribution in [0.3, 0.4) is 0 Å². The molecule has 0 saturated carbocycles. The Morgan fingerprint density at radius 2 is 2.20 bits per heavy atom. The van der Waals surface area contributed by atoms with Crippen molar-refractivity contribution < 1.29 is 0 Å². The highest BCUT2D eigenvalue weighted by atomic mass is 35.5. The van der Waals surface area contributed by atoms with Crippen LogP contribution in [0.2, 0.25) is 5.02 Å². The van der Waals surface area contributed by atoms with Crippen molar-refractivity contribution in [2.24, 2.45) is 0 Å². The molecule has 0 aromatic heterocycles. The molecule has 0 heterocycles. The number of rotatable bonds is 1. The van der Waals surface area contributed by atoms with Gasteiger partial charge in [0.05, 0.1) is 0 Å². The minimum absolute atomic E-state index is 0.815. The average Bonchev–Trinajstić information content (AvgIpc) is 1.88. The van der Waals surface area contributed by atoms with Crippen LogP contribution in [0.25, 0.3) is 0 Å². The third-order valence-electron chi connectivity index (χ3n) is 1.45. The van der Waals surface area contributed by atoms with Crippen molar-refractivity contribution in [3.63, 3.8) is 0 Å². The molecule has 0 atom stereocenters. The smallest absolute Gasteiger partial charge is 0.0448 e. The molecular formula is C8H9ClS. The lowest BCUT2D eigenvalue weighted by atomic mass is 10.2. The number of hydrogen-bond donors (Lipinski definition) is 1. The van der Waals surface area contributed by atoms with Crippen molar-refractivity contribution >= 4 is 24.2 Å². The molecule has 0 aliphatic rings. The summed E-state index contributed by atoms with van der Waals surface area (Å²) in [5.74, 6) is 0. The summed E-state index contributed by atoms with van der Waals surface area (Å²) in [5, 5.41) is 0.815. The van der Waals surface area contributed by atoms with E-state index in [2.05, 4.69) is 19.6 Å². The normalized spacial score (nSPS) is 9.90. The van der Waals surface area contributed by atoms with E-state index in [4.69, 9.17) is 11.6 Å². The van der Waals surface area contributed by atoms with Gasteiger partial charge in [0, 0.05) is 9.92 Å². The van der Waals surface area contributed by atoms with Crippen molar-refractivity contribution in [3.8, 4) is 0 Å². The topological polar surface area (TPSA) is 0 Å². The fourth-order valence-electron chi connectivity index (χ4n) is 0.897. The maximum Gasteiger partial charge on any atom is 0.0448 e. The SMILES string of the molecule is CCc1c(S)cccc1Cl. The highest BCUT2D eigenvalue weighted by molar-refractivity contribution is 7.80. The molecule has 1 aromatic carbocycles. The number of thiol groups is 1. The third kappa shape index (κ3) is 1.47. The summed E-state index contributed by atoms with van der Waals surface area (Å²) < 4.78 is 0. The molecule has 0 saturated heterocycles. The van der Waals surface area contributed by atoms with E-state index < -0.39 is 0 Å². The Balaban J connectivity index is 3.17. The van der Waals surface area contributed by atoms with Gasteiger partial charge in [-0.2, -0.15) is 0 Å². The summed E-state index contributed by atoms with van der Waals surface area (Å²) in [5.41, 5.74) is 1.13. The second kappa shape index (κ2) is 3.31. The molecule has 1 aromatic rings. The second-order valence-electron chi connectivity index (χ2n) is 2.09. The molecule has 0 aliphatic carbocycles. The highest BCUT2D eigenvalue weighted by Gasteiger charge is 1.99. The van der Waals surface area contributed by atoms with Gasteiger partial charge in [0.1, 0.15) is 0 Å². The Morgan fingerprint density at radius 1 is 1.50 bits per heavy atom. The Bertz CT molecular complexity index is 212. The fourth-order valence-corrected chi connectivity index (χ4v) is 1.64. The lowest BCUT2D eigenvalue weighted by Gasteiger charge is -2.02. The van der Waals surface area contributed by atoms with Gasteiger partial charge in [-0.1, -0.05) is 24.6 Å². The fraction of sp³-hybridized carbons (Fsp3) is 0.250. The van der Waals surface area contributed by atoms with Crippen LogP contribution in [-0.2, 0) is 6.42 Å². The second-order valence-corrected chi connectivity index (χ2v) is 2.98. The summed E-state index contributed by atoms with van der Waals surface area (Å²) in [4.78, 5) is 0.981. The van der Waals surface area contributed by atoms with Crippen molar-refractivity contribution in [2.45, 2.75) is 18.2 Å². The van der Waals surface area contributed by atoms with E-state index in [1.54, 1.807) is 0 Å². The first kappa shape index (κ1) is 7.96. The monoisotopic (exact) mass is 172 g/mol. The van der Waals surface area contributed by atoms with Gasteiger partial charge >= 0.3 is 0 Å². The lowest BCUT2D eigenvalue weighted by Crippen LogP contribution is -1.83. The molecule has 54 valence electrons. The number of benzene rings is 1. The Labute approximate surface area is 71.6 Å². The standard InChI is InChI=1S/C8H9ClS/c1-2-6-7(9)4-3-5-8(6)10/h3-5,10H,2H2,1H3. The molecule has 0 fully saturated rings. The predicted molar refractivity (Wildman–Crippen MR) is 48.1 cm³/mol. The van der Waals surface area contributed by atoms with Crippen LogP contribution in [-0.4, -0.2) is 0 Å². The molecule has 0 bridgehead atoms. The molecule has 0 spiro atoms. The van der Waals surface area contributed by atoms with Crippen LogP contribution in [0.1, 0.15) is 12.5 Å². The summed E-state index contributed by atoms with van der Waals surface area (Å²) in [6, 6.07) is 5.75. The summed E-state index contributed by atoms with van der Waals surface area (Å²) >= 11 is 10.1. The van der Waals surface area contributed by atoms with Gasteiger partial charge in [-0.3, -0.25) is 0 Å². The van der Waals surface area contributed by atoms with E-state index in [0.29, 0.717) is 0 Å². The van der Waals surface area contributed by atoms with Crippen LogP contribution in [0.4, 0.5) is 0 Å². The molecule has 1 rings (SSSR count). The van der Waals surface area contributed by atoms with Gasteiger partial charge in [0.2, 0.25) is 0 Å². The quantitative estimate of drug-likeness (QED) is 0.618. The largest absolute Gasteiger partial charge is 0.143 e. The zero-order chi connectivity index (χ0) is 7.56. The van der Waals surface area contributed by atoms with E-state index in [1.165, 1.54) is 0 Å². The Morgan fingerprint density at radius 3 is 2.60 bits per heavy atom. The van der Waals surface area contributed by atoms with Gasteiger partial charge in [0.15, 0.2) is 0 Å². The van der Waals surface area contributed by atoms with Crippen LogP contribution in [0.15, 0.2) is 23.1 Å². The first-order valence-electron chi connectivity index (χ1n) is 3.22. The van der Waals surface area contributed by atoms with Gasteiger partial charge in [-0.25, -0.2) is 0 Å². The number of hydrogen-bond acceptors (Lipinski definition) is 1. The first-order valence-corrected chi connectivity index (χ1v) is 4.04. The van der Waals surface area contributed by atoms with Crippen molar-refractivity contribution in [1.29, 1.82) is 0 Å². The third-order valence-corrected chi connectivity index (χ3v) is 2.22. The van der Waals surface area contributed by atoms with Crippen molar-refractivity contribution in [3.05, 3.63) is 28.8 Å².